The van der Waals surface area contributed by atoms with Crippen molar-refractivity contribution in [2.45, 2.75) is 59.4 Å². The first-order valence-electron chi connectivity index (χ1n) is 14.7. The molecular formula is C31H34F6N4O3S. The molecule has 0 unspecified atom stereocenters. The van der Waals surface area contributed by atoms with Gasteiger partial charge in [-0.3, -0.25) is 9.59 Å². The maximum Gasteiger partial charge on any atom is 0.418 e. The van der Waals surface area contributed by atoms with Crippen molar-refractivity contribution in [3.8, 4) is 0 Å². The lowest BCUT2D eigenvalue weighted by Gasteiger charge is -2.35. The van der Waals surface area contributed by atoms with E-state index in [0.717, 1.165) is 37.1 Å². The van der Waals surface area contributed by atoms with Crippen LogP contribution in [0.4, 0.5) is 32.0 Å². The Kier molecular flexibility index (Phi) is 9.76. The van der Waals surface area contributed by atoms with Gasteiger partial charge in [0, 0.05) is 53.8 Å². The van der Waals surface area contributed by atoms with Crippen molar-refractivity contribution in [2.24, 2.45) is 0 Å². The number of piperidine rings is 1. The smallest absolute Gasteiger partial charge is 0.382 e. The van der Waals surface area contributed by atoms with Crippen LogP contribution < -0.4 is 10.6 Å². The Morgan fingerprint density at radius 3 is 2.20 bits per heavy atom. The van der Waals surface area contributed by atoms with Crippen molar-refractivity contribution in [2.75, 3.05) is 51.8 Å². The highest BCUT2D eigenvalue weighted by atomic mass is 32.2. The number of nitrogens with zero attached hydrogens (tertiary/aromatic N) is 2. The predicted octanol–water partition coefficient (Wildman–Crippen LogP) is 5.90. The number of anilines is 1. The average Bonchev–Trinajstić information content (AvgIpc) is 3.81. The van der Waals surface area contributed by atoms with Gasteiger partial charge in [-0.05, 0) is 68.6 Å². The third-order valence-electron chi connectivity index (χ3n) is 8.35. The van der Waals surface area contributed by atoms with Crippen LogP contribution in [0.2, 0.25) is 0 Å². The number of likely N-dealkylation sites (N-methyl/N-ethyl adjacent to an activating group) is 1. The quantitative estimate of drug-likeness (QED) is 0.272. The number of amides is 2. The molecule has 2 N–H and O–H groups in total. The summed E-state index contributed by atoms with van der Waals surface area (Å²) in [5, 5.41) is 6.47. The molecule has 3 aliphatic rings. The van der Waals surface area contributed by atoms with E-state index in [9.17, 15) is 35.9 Å². The minimum Gasteiger partial charge on any atom is -0.382 e. The molecule has 14 heteroatoms. The van der Waals surface area contributed by atoms with Crippen molar-refractivity contribution < 1.29 is 40.7 Å². The van der Waals surface area contributed by atoms with Gasteiger partial charge in [-0.2, -0.15) is 26.3 Å². The summed E-state index contributed by atoms with van der Waals surface area (Å²) in [6.07, 6.45) is -6.01. The summed E-state index contributed by atoms with van der Waals surface area (Å²) in [6, 6.07) is 8.49. The normalized spacial score (nSPS) is 19.2. The summed E-state index contributed by atoms with van der Waals surface area (Å²) < 4.78 is 90.8. The SMILES string of the molecule is CNC1(C(=O)N2CCC(Nc3cccc(Sc4ccc(C=CC(=O)N5CCOCC5)c(C(F)(F)F)c4C(F)(F)F)c3)CC2)CC1. The lowest BCUT2D eigenvalue weighted by molar-refractivity contribution is -0.163. The molecule has 5 rings (SSSR count). The van der Waals surface area contributed by atoms with Gasteiger partial charge in [0.05, 0.1) is 29.9 Å². The molecule has 1 aliphatic carbocycles. The second-order valence-corrected chi connectivity index (χ2v) is 12.5. The van der Waals surface area contributed by atoms with E-state index >= 15 is 0 Å². The second kappa shape index (κ2) is 13.2. The van der Waals surface area contributed by atoms with Crippen LogP contribution >= 0.6 is 11.8 Å². The fraction of sp³-hybridized carbons (Fsp3) is 0.484. The summed E-state index contributed by atoms with van der Waals surface area (Å²) >= 11 is 0.587. The van der Waals surface area contributed by atoms with Gasteiger partial charge < -0.3 is 25.2 Å². The van der Waals surface area contributed by atoms with Gasteiger partial charge in [0.2, 0.25) is 11.8 Å². The number of ether oxygens (including phenoxy) is 1. The zero-order chi connectivity index (χ0) is 32.4. The molecule has 2 amide bonds. The van der Waals surface area contributed by atoms with E-state index in [1.165, 1.54) is 11.0 Å². The average molecular weight is 657 g/mol. The van der Waals surface area contributed by atoms with Crippen LogP contribution in [0, 0.1) is 0 Å². The van der Waals surface area contributed by atoms with Gasteiger partial charge in [-0.1, -0.05) is 23.9 Å². The lowest BCUT2D eigenvalue weighted by atomic mass is 9.99. The minimum absolute atomic E-state index is 0.0212. The highest BCUT2D eigenvalue weighted by Gasteiger charge is 2.51. The summed E-state index contributed by atoms with van der Waals surface area (Å²) in [5.41, 5.74) is -4.21. The first-order valence-corrected chi connectivity index (χ1v) is 15.5. The molecule has 2 saturated heterocycles. The molecule has 0 bridgehead atoms. The molecule has 0 aromatic heterocycles. The fourth-order valence-electron chi connectivity index (χ4n) is 5.70. The summed E-state index contributed by atoms with van der Waals surface area (Å²) in [4.78, 5) is 28.2. The van der Waals surface area contributed by atoms with Crippen LogP contribution in [0.1, 0.15) is 42.4 Å². The summed E-state index contributed by atoms with van der Waals surface area (Å²) in [5.74, 6) is -0.504. The molecule has 2 heterocycles. The van der Waals surface area contributed by atoms with Gasteiger partial charge in [0.15, 0.2) is 0 Å². The van der Waals surface area contributed by atoms with E-state index in [1.54, 1.807) is 25.2 Å². The van der Waals surface area contributed by atoms with E-state index in [4.69, 9.17) is 4.74 Å². The number of benzene rings is 2. The van der Waals surface area contributed by atoms with E-state index in [1.807, 2.05) is 4.90 Å². The molecule has 1 saturated carbocycles. The lowest BCUT2D eigenvalue weighted by Crippen LogP contribution is -2.51. The van der Waals surface area contributed by atoms with E-state index < -0.39 is 45.4 Å². The zero-order valence-corrected chi connectivity index (χ0v) is 25.4. The van der Waals surface area contributed by atoms with Gasteiger partial charge in [-0.15, -0.1) is 0 Å². The molecule has 2 aromatic rings. The van der Waals surface area contributed by atoms with Crippen LogP contribution in [-0.4, -0.2) is 79.6 Å². The van der Waals surface area contributed by atoms with E-state index in [2.05, 4.69) is 10.6 Å². The molecule has 0 radical (unpaired) electrons. The Bertz CT molecular complexity index is 1430. The third kappa shape index (κ3) is 7.78. The number of hydrogen-bond acceptors (Lipinski definition) is 6. The molecule has 2 aliphatic heterocycles. The maximum absolute atomic E-state index is 14.3. The third-order valence-corrected chi connectivity index (χ3v) is 9.40. The number of alkyl halides is 6. The van der Waals surface area contributed by atoms with Crippen LogP contribution in [0.15, 0.2) is 52.3 Å². The maximum atomic E-state index is 14.3. The largest absolute Gasteiger partial charge is 0.418 e. The van der Waals surface area contributed by atoms with E-state index in [0.29, 0.717) is 48.3 Å². The number of morpholine rings is 1. The highest BCUT2D eigenvalue weighted by molar-refractivity contribution is 7.99. The Hall–Kier alpha value is -3.23. The molecule has 2 aromatic carbocycles. The summed E-state index contributed by atoms with van der Waals surface area (Å²) in [7, 11) is 1.78. The van der Waals surface area contributed by atoms with Crippen LogP contribution in [-0.2, 0) is 26.7 Å². The Labute approximate surface area is 261 Å². The molecule has 0 atom stereocenters. The number of carbonyl (C=O) groups is 2. The standard InChI is InChI=1S/C31H34F6N4O3S/c1-38-29(11-12-29)28(43)41-13-9-21(10-14-41)39-22-3-2-4-23(19-22)45-24-7-5-20(6-8-25(42)40-15-17-44-18-16-40)26(30(32,33)34)27(24)31(35,36)37/h2-8,19,21,38-39H,9-18H2,1H3. The van der Waals surface area contributed by atoms with Crippen molar-refractivity contribution in [1.29, 1.82) is 0 Å². The topological polar surface area (TPSA) is 73.9 Å². The molecule has 7 nitrogen and oxygen atoms in total. The van der Waals surface area contributed by atoms with E-state index in [-0.39, 0.29) is 38.3 Å². The number of rotatable bonds is 8. The first kappa shape index (κ1) is 33.1. The van der Waals surface area contributed by atoms with Gasteiger partial charge >= 0.3 is 12.4 Å². The molecular weight excluding hydrogens is 622 g/mol. The van der Waals surface area contributed by atoms with Crippen molar-refractivity contribution >= 4 is 35.3 Å². The zero-order valence-electron chi connectivity index (χ0n) is 24.6. The van der Waals surface area contributed by atoms with Crippen LogP contribution in [0.3, 0.4) is 0 Å². The van der Waals surface area contributed by atoms with Gasteiger partial charge in [0.1, 0.15) is 0 Å². The van der Waals surface area contributed by atoms with Crippen LogP contribution in [0.25, 0.3) is 6.08 Å². The monoisotopic (exact) mass is 656 g/mol. The fourth-order valence-corrected chi connectivity index (χ4v) is 6.74. The first-order chi connectivity index (χ1) is 21.3. The Balaban J connectivity index is 1.33. The summed E-state index contributed by atoms with van der Waals surface area (Å²) in [6.45, 7) is 2.16. The molecule has 244 valence electrons. The second-order valence-electron chi connectivity index (χ2n) is 11.3. The highest BCUT2D eigenvalue weighted by Crippen LogP contribution is 2.48. The number of halogens is 6. The number of hydrogen-bond donors (Lipinski definition) is 2. The van der Waals surface area contributed by atoms with Crippen LogP contribution in [0.5, 0.6) is 0 Å². The molecule has 3 fully saturated rings. The van der Waals surface area contributed by atoms with Crippen molar-refractivity contribution in [3.63, 3.8) is 0 Å². The molecule has 0 spiro atoms. The van der Waals surface area contributed by atoms with Gasteiger partial charge in [0.25, 0.3) is 0 Å². The predicted molar refractivity (Wildman–Crippen MR) is 158 cm³/mol. The number of carbonyl (C=O) groups excluding carboxylic acids is 2. The minimum atomic E-state index is -5.34. The Morgan fingerprint density at radius 2 is 1.60 bits per heavy atom. The number of nitrogens with one attached hydrogen (secondary N) is 2. The van der Waals surface area contributed by atoms with Crippen molar-refractivity contribution in [1.82, 2.24) is 15.1 Å². The van der Waals surface area contributed by atoms with Crippen molar-refractivity contribution in [3.05, 3.63) is 59.2 Å². The van der Waals surface area contributed by atoms with Gasteiger partial charge in [-0.25, -0.2) is 0 Å². The number of likely N-dealkylation sites (tertiary alicyclic amines) is 1. The molecule has 45 heavy (non-hydrogen) atoms. The Morgan fingerprint density at radius 1 is 0.933 bits per heavy atom.